The Kier molecular flexibility index (Phi) is 4.57. The van der Waals surface area contributed by atoms with E-state index in [0.717, 1.165) is 22.7 Å². The summed E-state index contributed by atoms with van der Waals surface area (Å²) in [5.41, 5.74) is 9.57. The van der Waals surface area contributed by atoms with E-state index in [1.165, 1.54) is 22.3 Å². The fourth-order valence-corrected chi connectivity index (χ4v) is 2.84. The van der Waals surface area contributed by atoms with Crippen LogP contribution in [0.25, 0.3) is 0 Å². The summed E-state index contributed by atoms with van der Waals surface area (Å²) in [7, 11) is 0. The summed E-state index contributed by atoms with van der Waals surface area (Å²) in [4.78, 5) is 0. The van der Waals surface area contributed by atoms with Crippen LogP contribution in [0.1, 0.15) is 22.3 Å². The Labute approximate surface area is 144 Å². The summed E-state index contributed by atoms with van der Waals surface area (Å²) in [6.07, 6.45) is 0. The van der Waals surface area contributed by atoms with E-state index >= 15 is 0 Å². The molecule has 0 aliphatic heterocycles. The SMILES string of the molecule is Cc1cc(C)cc(Nc2ccc(Nc3ccc(C)c(C)c3)cc2)c1. The van der Waals surface area contributed by atoms with E-state index in [0.29, 0.717) is 0 Å². The van der Waals surface area contributed by atoms with Crippen molar-refractivity contribution in [1.29, 1.82) is 0 Å². The van der Waals surface area contributed by atoms with Crippen LogP contribution in [-0.2, 0) is 0 Å². The van der Waals surface area contributed by atoms with Crippen LogP contribution in [0.4, 0.5) is 22.7 Å². The van der Waals surface area contributed by atoms with Crippen LogP contribution in [0.3, 0.4) is 0 Å². The van der Waals surface area contributed by atoms with E-state index in [2.05, 4.69) is 99.0 Å². The maximum absolute atomic E-state index is 3.47. The molecule has 0 saturated carbocycles. The van der Waals surface area contributed by atoms with Gasteiger partial charge in [-0.05, 0) is 98.5 Å². The van der Waals surface area contributed by atoms with Gasteiger partial charge in [0.2, 0.25) is 0 Å². The third-order valence-corrected chi connectivity index (χ3v) is 4.19. The van der Waals surface area contributed by atoms with Gasteiger partial charge in [-0.25, -0.2) is 0 Å². The Morgan fingerprint density at radius 3 is 1.50 bits per heavy atom. The fourth-order valence-electron chi connectivity index (χ4n) is 2.84. The van der Waals surface area contributed by atoms with Gasteiger partial charge in [0.1, 0.15) is 0 Å². The predicted molar refractivity (Wildman–Crippen MR) is 105 cm³/mol. The van der Waals surface area contributed by atoms with E-state index in [4.69, 9.17) is 0 Å². The van der Waals surface area contributed by atoms with Crippen molar-refractivity contribution in [3.63, 3.8) is 0 Å². The molecule has 3 rings (SSSR count). The molecule has 24 heavy (non-hydrogen) atoms. The lowest BCUT2D eigenvalue weighted by atomic mass is 10.1. The molecule has 0 aliphatic carbocycles. The predicted octanol–water partition coefficient (Wildman–Crippen LogP) is 6.41. The van der Waals surface area contributed by atoms with Gasteiger partial charge in [-0.3, -0.25) is 0 Å². The lowest BCUT2D eigenvalue weighted by molar-refractivity contribution is 1.34. The van der Waals surface area contributed by atoms with Gasteiger partial charge in [-0.1, -0.05) is 12.1 Å². The molecule has 0 saturated heterocycles. The second-order valence-corrected chi connectivity index (χ2v) is 6.50. The van der Waals surface area contributed by atoms with Crippen molar-refractivity contribution >= 4 is 22.7 Å². The van der Waals surface area contributed by atoms with Crippen LogP contribution in [0.15, 0.2) is 60.7 Å². The first-order valence-corrected chi connectivity index (χ1v) is 8.29. The molecular weight excluding hydrogens is 292 g/mol. The van der Waals surface area contributed by atoms with Gasteiger partial charge in [0, 0.05) is 22.7 Å². The first-order valence-electron chi connectivity index (χ1n) is 8.29. The highest BCUT2D eigenvalue weighted by Gasteiger charge is 2.00. The number of nitrogens with one attached hydrogen (secondary N) is 2. The highest BCUT2D eigenvalue weighted by molar-refractivity contribution is 5.67. The zero-order valence-electron chi connectivity index (χ0n) is 14.8. The number of hydrogen-bond acceptors (Lipinski definition) is 2. The molecule has 3 aromatic carbocycles. The zero-order chi connectivity index (χ0) is 17.1. The molecule has 0 unspecified atom stereocenters. The molecule has 0 aromatic heterocycles. The fraction of sp³-hybridized carbons (Fsp3) is 0.182. The summed E-state index contributed by atoms with van der Waals surface area (Å²) >= 11 is 0. The van der Waals surface area contributed by atoms with Crippen LogP contribution >= 0.6 is 0 Å². The van der Waals surface area contributed by atoms with E-state index < -0.39 is 0 Å². The molecule has 2 N–H and O–H groups in total. The maximum Gasteiger partial charge on any atom is 0.0389 e. The first kappa shape index (κ1) is 16.1. The Morgan fingerprint density at radius 1 is 0.458 bits per heavy atom. The highest BCUT2D eigenvalue weighted by atomic mass is 14.9. The number of hydrogen-bond donors (Lipinski definition) is 2. The van der Waals surface area contributed by atoms with Crippen molar-refractivity contribution in [2.45, 2.75) is 27.7 Å². The minimum absolute atomic E-state index is 1.09. The molecule has 2 nitrogen and oxygen atoms in total. The van der Waals surface area contributed by atoms with Gasteiger partial charge >= 0.3 is 0 Å². The highest BCUT2D eigenvalue weighted by Crippen LogP contribution is 2.24. The summed E-state index contributed by atoms with van der Waals surface area (Å²) < 4.78 is 0. The second kappa shape index (κ2) is 6.79. The molecule has 0 heterocycles. The average molecular weight is 316 g/mol. The molecule has 0 bridgehead atoms. The number of anilines is 4. The van der Waals surface area contributed by atoms with Gasteiger partial charge < -0.3 is 10.6 Å². The number of benzene rings is 3. The van der Waals surface area contributed by atoms with Crippen molar-refractivity contribution in [1.82, 2.24) is 0 Å². The molecule has 3 aromatic rings. The van der Waals surface area contributed by atoms with Crippen molar-refractivity contribution in [2.75, 3.05) is 10.6 Å². The summed E-state index contributed by atoms with van der Waals surface area (Å²) in [6.45, 7) is 8.51. The Hall–Kier alpha value is -2.74. The normalized spacial score (nSPS) is 10.5. The summed E-state index contributed by atoms with van der Waals surface area (Å²) in [6, 6.07) is 21.3. The molecular formula is C22H24N2. The lowest BCUT2D eigenvalue weighted by Crippen LogP contribution is -1.94. The monoisotopic (exact) mass is 316 g/mol. The van der Waals surface area contributed by atoms with Crippen molar-refractivity contribution < 1.29 is 0 Å². The first-order chi connectivity index (χ1) is 11.5. The summed E-state index contributed by atoms with van der Waals surface area (Å²) in [5.74, 6) is 0. The second-order valence-electron chi connectivity index (χ2n) is 6.50. The lowest BCUT2D eigenvalue weighted by Gasteiger charge is -2.11. The quantitative estimate of drug-likeness (QED) is 0.581. The zero-order valence-corrected chi connectivity index (χ0v) is 14.8. The largest absolute Gasteiger partial charge is 0.356 e. The molecule has 0 fully saturated rings. The third kappa shape index (κ3) is 3.96. The Morgan fingerprint density at radius 2 is 0.958 bits per heavy atom. The van der Waals surface area contributed by atoms with Gasteiger partial charge in [-0.15, -0.1) is 0 Å². The van der Waals surface area contributed by atoms with Crippen LogP contribution < -0.4 is 10.6 Å². The summed E-state index contributed by atoms with van der Waals surface area (Å²) in [5, 5.41) is 6.92. The van der Waals surface area contributed by atoms with Gasteiger partial charge in [0.15, 0.2) is 0 Å². The van der Waals surface area contributed by atoms with E-state index in [-0.39, 0.29) is 0 Å². The van der Waals surface area contributed by atoms with E-state index in [1.54, 1.807) is 0 Å². The van der Waals surface area contributed by atoms with Crippen LogP contribution in [0.2, 0.25) is 0 Å². The van der Waals surface area contributed by atoms with E-state index in [9.17, 15) is 0 Å². The maximum atomic E-state index is 3.47. The average Bonchev–Trinajstić information content (AvgIpc) is 2.52. The molecule has 0 aliphatic rings. The smallest absolute Gasteiger partial charge is 0.0389 e. The Bertz CT molecular complexity index is 828. The van der Waals surface area contributed by atoms with Crippen molar-refractivity contribution in [3.8, 4) is 0 Å². The number of aryl methyl sites for hydroxylation is 4. The minimum atomic E-state index is 1.09. The van der Waals surface area contributed by atoms with Gasteiger partial charge in [0.05, 0.1) is 0 Å². The van der Waals surface area contributed by atoms with Crippen molar-refractivity contribution in [2.24, 2.45) is 0 Å². The molecule has 0 radical (unpaired) electrons. The Balaban J connectivity index is 1.71. The van der Waals surface area contributed by atoms with Gasteiger partial charge in [-0.2, -0.15) is 0 Å². The van der Waals surface area contributed by atoms with Crippen molar-refractivity contribution in [3.05, 3.63) is 82.9 Å². The topological polar surface area (TPSA) is 24.1 Å². The van der Waals surface area contributed by atoms with Crippen LogP contribution in [-0.4, -0.2) is 0 Å². The van der Waals surface area contributed by atoms with Crippen LogP contribution in [0, 0.1) is 27.7 Å². The number of rotatable bonds is 4. The molecule has 0 spiro atoms. The van der Waals surface area contributed by atoms with Gasteiger partial charge in [0.25, 0.3) is 0 Å². The molecule has 2 heteroatoms. The molecule has 0 amide bonds. The molecule has 0 atom stereocenters. The molecule has 122 valence electrons. The third-order valence-electron chi connectivity index (χ3n) is 4.19. The minimum Gasteiger partial charge on any atom is -0.356 e. The van der Waals surface area contributed by atoms with E-state index in [1.807, 2.05) is 0 Å². The van der Waals surface area contributed by atoms with Crippen LogP contribution in [0.5, 0.6) is 0 Å². The standard InChI is InChI=1S/C22H24N2/c1-15-11-16(2)13-22(12-15)24-20-9-7-19(8-10-20)23-21-6-5-17(3)18(4)14-21/h5-14,23-24H,1-4H3.